The average molecular weight is 297 g/mol. The predicted molar refractivity (Wildman–Crippen MR) is 73.3 cm³/mol. The molecule has 1 saturated heterocycles. The highest BCUT2D eigenvalue weighted by atomic mass is 79.9. The van der Waals surface area contributed by atoms with Gasteiger partial charge >= 0.3 is 0 Å². The normalized spacial score (nSPS) is 20.1. The summed E-state index contributed by atoms with van der Waals surface area (Å²) >= 11 is 3.51. The number of benzene rings is 1. The van der Waals surface area contributed by atoms with Crippen LogP contribution in [0.3, 0.4) is 0 Å². The number of rotatable bonds is 3. The van der Waals surface area contributed by atoms with Crippen LogP contribution >= 0.6 is 15.9 Å². The third kappa shape index (κ3) is 2.53. The van der Waals surface area contributed by atoms with Crippen LogP contribution in [0.2, 0.25) is 0 Å². The van der Waals surface area contributed by atoms with E-state index in [2.05, 4.69) is 27.3 Å². The van der Waals surface area contributed by atoms with E-state index < -0.39 is 0 Å². The molecule has 1 aliphatic heterocycles. The number of nitrogens with one attached hydrogen (secondary N) is 1. The Hall–Kier alpha value is -0.870. The zero-order valence-electron chi connectivity index (χ0n) is 10.2. The molecular weight excluding hydrogens is 280 g/mol. The molecule has 92 valence electrons. The maximum atomic E-state index is 12.2. The van der Waals surface area contributed by atoms with Gasteiger partial charge in [-0.3, -0.25) is 4.79 Å². The minimum atomic E-state index is -0.0209. The Bertz CT molecular complexity index is 433. The fraction of sp³-hybridized carbons (Fsp3) is 0.462. The number of aryl methyl sites for hydroxylation is 1. The number of amides is 1. The lowest BCUT2D eigenvalue weighted by Gasteiger charge is -2.19. The van der Waals surface area contributed by atoms with Crippen LogP contribution in [0, 0.1) is 6.92 Å². The molecule has 1 N–H and O–H groups in total. The summed E-state index contributed by atoms with van der Waals surface area (Å²) in [5.41, 5.74) is 2.15. The summed E-state index contributed by atoms with van der Waals surface area (Å²) in [7, 11) is 0. The van der Waals surface area contributed by atoms with E-state index in [0.717, 1.165) is 29.7 Å². The minimum absolute atomic E-state index is 0.0209. The lowest BCUT2D eigenvalue weighted by Crippen LogP contribution is -2.38. The molecule has 3 nitrogen and oxygen atoms in total. The monoisotopic (exact) mass is 296 g/mol. The Kier molecular flexibility index (Phi) is 3.84. The molecule has 0 bridgehead atoms. The Morgan fingerprint density at radius 1 is 1.53 bits per heavy atom. The van der Waals surface area contributed by atoms with E-state index in [0.29, 0.717) is 0 Å². The van der Waals surface area contributed by atoms with Crippen molar-refractivity contribution in [2.75, 3.05) is 18.0 Å². The van der Waals surface area contributed by atoms with Crippen molar-refractivity contribution in [3.05, 3.63) is 28.2 Å². The number of halogens is 1. The van der Waals surface area contributed by atoms with Gasteiger partial charge in [-0.15, -0.1) is 0 Å². The van der Waals surface area contributed by atoms with Crippen molar-refractivity contribution in [3.8, 4) is 0 Å². The summed E-state index contributed by atoms with van der Waals surface area (Å²) < 4.78 is 0.980. The van der Waals surface area contributed by atoms with Crippen LogP contribution in [-0.4, -0.2) is 25.0 Å². The number of nitrogens with zero attached hydrogens (tertiary/aromatic N) is 1. The highest BCUT2D eigenvalue weighted by Gasteiger charge is 2.32. The molecule has 17 heavy (non-hydrogen) atoms. The third-order valence-corrected chi connectivity index (χ3v) is 3.72. The first-order valence-corrected chi connectivity index (χ1v) is 6.73. The van der Waals surface area contributed by atoms with Gasteiger partial charge in [-0.2, -0.15) is 0 Å². The van der Waals surface area contributed by atoms with Crippen molar-refractivity contribution in [3.63, 3.8) is 0 Å². The molecule has 1 aliphatic rings. The number of carbonyl (C=O) groups is 1. The van der Waals surface area contributed by atoms with Gasteiger partial charge in [0.1, 0.15) is 0 Å². The highest BCUT2D eigenvalue weighted by molar-refractivity contribution is 9.10. The van der Waals surface area contributed by atoms with Crippen molar-refractivity contribution in [1.82, 2.24) is 5.32 Å². The van der Waals surface area contributed by atoms with Crippen molar-refractivity contribution >= 4 is 27.5 Å². The first-order valence-electron chi connectivity index (χ1n) is 5.94. The van der Waals surface area contributed by atoms with Gasteiger partial charge in [0, 0.05) is 11.0 Å². The molecule has 1 heterocycles. The Morgan fingerprint density at radius 2 is 2.29 bits per heavy atom. The van der Waals surface area contributed by atoms with Gasteiger partial charge in [-0.25, -0.2) is 0 Å². The van der Waals surface area contributed by atoms with Gasteiger partial charge in [0.05, 0.1) is 11.7 Å². The van der Waals surface area contributed by atoms with Crippen LogP contribution in [-0.2, 0) is 4.79 Å². The first-order chi connectivity index (χ1) is 8.13. The fourth-order valence-corrected chi connectivity index (χ4v) is 2.65. The van der Waals surface area contributed by atoms with E-state index in [9.17, 15) is 4.79 Å². The molecule has 1 fully saturated rings. The molecule has 4 heteroatoms. The van der Waals surface area contributed by atoms with E-state index in [1.807, 2.05) is 30.9 Å². The highest BCUT2D eigenvalue weighted by Crippen LogP contribution is 2.30. The summed E-state index contributed by atoms with van der Waals surface area (Å²) in [6.07, 6.45) is 0.882. The molecule has 0 aliphatic carbocycles. The van der Waals surface area contributed by atoms with Crippen LogP contribution in [0.5, 0.6) is 0 Å². The van der Waals surface area contributed by atoms with Crippen LogP contribution in [0.1, 0.15) is 18.9 Å². The summed E-state index contributed by atoms with van der Waals surface area (Å²) in [5, 5.41) is 3.22. The standard InChI is InChI=1S/C13H17BrN2O/c1-3-15-11-6-7-16(13(11)17)12-8-9(2)4-5-10(12)14/h4-5,8,11,15H,3,6-7H2,1-2H3. The molecule has 1 atom stereocenters. The zero-order chi connectivity index (χ0) is 12.4. The second-order valence-electron chi connectivity index (χ2n) is 4.34. The molecule has 1 aromatic carbocycles. The summed E-state index contributed by atoms with van der Waals surface area (Å²) in [6, 6.07) is 6.07. The van der Waals surface area contributed by atoms with Gasteiger partial charge in [-0.05, 0) is 53.5 Å². The molecule has 0 aromatic heterocycles. The molecule has 0 saturated carbocycles. The molecule has 2 rings (SSSR count). The van der Waals surface area contributed by atoms with Crippen LogP contribution in [0.15, 0.2) is 22.7 Å². The maximum absolute atomic E-state index is 12.2. The summed E-state index contributed by atoms with van der Waals surface area (Å²) in [6.45, 7) is 5.69. The topological polar surface area (TPSA) is 32.3 Å². The Morgan fingerprint density at radius 3 is 3.00 bits per heavy atom. The third-order valence-electron chi connectivity index (χ3n) is 3.05. The van der Waals surface area contributed by atoms with E-state index in [1.54, 1.807) is 0 Å². The van der Waals surface area contributed by atoms with Crippen molar-refractivity contribution in [1.29, 1.82) is 0 Å². The van der Waals surface area contributed by atoms with Crippen molar-refractivity contribution in [2.24, 2.45) is 0 Å². The maximum Gasteiger partial charge on any atom is 0.244 e. The van der Waals surface area contributed by atoms with Gasteiger partial charge in [-0.1, -0.05) is 13.0 Å². The average Bonchev–Trinajstić information content (AvgIpc) is 2.65. The molecular formula is C13H17BrN2O. The minimum Gasteiger partial charge on any atom is -0.310 e. The quantitative estimate of drug-likeness (QED) is 0.929. The predicted octanol–water partition coefficient (Wildman–Crippen LogP) is 2.47. The van der Waals surface area contributed by atoms with Crippen LogP contribution < -0.4 is 10.2 Å². The van der Waals surface area contributed by atoms with E-state index in [4.69, 9.17) is 0 Å². The van der Waals surface area contributed by atoms with E-state index >= 15 is 0 Å². The fourth-order valence-electron chi connectivity index (χ4n) is 2.18. The largest absolute Gasteiger partial charge is 0.310 e. The number of likely N-dealkylation sites (N-methyl/N-ethyl adjacent to an activating group) is 1. The van der Waals surface area contributed by atoms with Gasteiger partial charge < -0.3 is 10.2 Å². The smallest absolute Gasteiger partial charge is 0.244 e. The van der Waals surface area contributed by atoms with Crippen LogP contribution in [0.25, 0.3) is 0 Å². The lowest BCUT2D eigenvalue weighted by atomic mass is 10.2. The zero-order valence-corrected chi connectivity index (χ0v) is 11.8. The molecule has 0 spiro atoms. The second-order valence-corrected chi connectivity index (χ2v) is 5.20. The van der Waals surface area contributed by atoms with Crippen molar-refractivity contribution < 1.29 is 4.79 Å². The molecule has 1 unspecified atom stereocenters. The Balaban J connectivity index is 2.24. The first kappa shape index (κ1) is 12.6. The number of hydrogen-bond donors (Lipinski definition) is 1. The number of carbonyl (C=O) groups excluding carboxylic acids is 1. The van der Waals surface area contributed by atoms with Gasteiger partial charge in [0.2, 0.25) is 5.91 Å². The lowest BCUT2D eigenvalue weighted by molar-refractivity contribution is -0.118. The number of anilines is 1. The van der Waals surface area contributed by atoms with Crippen molar-refractivity contribution in [2.45, 2.75) is 26.3 Å². The summed E-state index contributed by atoms with van der Waals surface area (Å²) in [5.74, 6) is 0.179. The SMILES string of the molecule is CCNC1CCN(c2cc(C)ccc2Br)C1=O. The number of hydrogen-bond acceptors (Lipinski definition) is 2. The van der Waals surface area contributed by atoms with Gasteiger partial charge in [0.15, 0.2) is 0 Å². The molecule has 1 aromatic rings. The van der Waals surface area contributed by atoms with Crippen LogP contribution in [0.4, 0.5) is 5.69 Å². The molecule has 1 amide bonds. The molecule has 0 radical (unpaired) electrons. The van der Waals surface area contributed by atoms with Gasteiger partial charge in [0.25, 0.3) is 0 Å². The second kappa shape index (κ2) is 5.19. The van der Waals surface area contributed by atoms with E-state index in [-0.39, 0.29) is 11.9 Å². The summed E-state index contributed by atoms with van der Waals surface area (Å²) in [4.78, 5) is 14.1. The van der Waals surface area contributed by atoms with E-state index in [1.165, 1.54) is 5.56 Å². The Labute approximate surface area is 110 Å².